The van der Waals surface area contributed by atoms with Gasteiger partial charge in [0.25, 0.3) is 0 Å². The number of aromatic nitrogens is 1. The summed E-state index contributed by atoms with van der Waals surface area (Å²) in [5.74, 6) is 0. The lowest BCUT2D eigenvalue weighted by Crippen LogP contribution is -2.43. The summed E-state index contributed by atoms with van der Waals surface area (Å²) in [6.45, 7) is 3.43. The minimum Gasteiger partial charge on any atom is -0.308 e. The Morgan fingerprint density at radius 3 is 2.62 bits per heavy atom. The molecule has 1 saturated heterocycles. The summed E-state index contributed by atoms with van der Waals surface area (Å²) in [6.07, 6.45) is 5.42. The molecule has 21 heavy (non-hydrogen) atoms. The van der Waals surface area contributed by atoms with E-state index < -0.39 is 0 Å². The van der Waals surface area contributed by atoms with E-state index in [-0.39, 0.29) is 0 Å². The molecular formula is C18H23N3. The zero-order valence-electron chi connectivity index (χ0n) is 12.5. The van der Waals surface area contributed by atoms with E-state index in [0.29, 0.717) is 6.04 Å². The SMILES string of the molecule is c1ccc2nc(CNC3CCN(C4CC4)CC3)ccc2c1. The summed E-state index contributed by atoms with van der Waals surface area (Å²) in [5, 5.41) is 4.91. The first-order chi connectivity index (χ1) is 10.4. The molecule has 0 bridgehead atoms. The lowest BCUT2D eigenvalue weighted by Gasteiger charge is -2.32. The number of pyridine rings is 1. The highest BCUT2D eigenvalue weighted by Gasteiger charge is 2.31. The van der Waals surface area contributed by atoms with Gasteiger partial charge in [-0.15, -0.1) is 0 Å². The molecule has 1 aromatic carbocycles. The Bertz CT molecular complexity index is 613. The summed E-state index contributed by atoms with van der Waals surface area (Å²) < 4.78 is 0. The average molecular weight is 281 g/mol. The third kappa shape index (κ3) is 3.09. The van der Waals surface area contributed by atoms with Gasteiger partial charge in [-0.25, -0.2) is 0 Å². The van der Waals surface area contributed by atoms with Gasteiger partial charge in [0.2, 0.25) is 0 Å². The van der Waals surface area contributed by atoms with Crippen LogP contribution in [0.15, 0.2) is 36.4 Å². The second-order valence-corrected chi connectivity index (χ2v) is 6.42. The molecule has 0 atom stereocenters. The van der Waals surface area contributed by atoms with Gasteiger partial charge < -0.3 is 10.2 Å². The molecule has 2 aromatic rings. The van der Waals surface area contributed by atoms with Gasteiger partial charge in [0.1, 0.15) is 0 Å². The number of likely N-dealkylation sites (tertiary alicyclic amines) is 1. The second-order valence-electron chi connectivity index (χ2n) is 6.42. The van der Waals surface area contributed by atoms with E-state index in [2.05, 4.69) is 46.6 Å². The highest BCUT2D eigenvalue weighted by molar-refractivity contribution is 5.78. The van der Waals surface area contributed by atoms with Gasteiger partial charge in [0.05, 0.1) is 11.2 Å². The number of nitrogens with one attached hydrogen (secondary N) is 1. The van der Waals surface area contributed by atoms with Crippen LogP contribution in [0.4, 0.5) is 0 Å². The van der Waals surface area contributed by atoms with Crippen molar-refractivity contribution in [2.75, 3.05) is 13.1 Å². The molecule has 0 spiro atoms. The largest absolute Gasteiger partial charge is 0.308 e. The van der Waals surface area contributed by atoms with Crippen LogP contribution in [0.2, 0.25) is 0 Å². The molecule has 3 heteroatoms. The smallest absolute Gasteiger partial charge is 0.0705 e. The van der Waals surface area contributed by atoms with Crippen molar-refractivity contribution in [2.24, 2.45) is 0 Å². The minimum absolute atomic E-state index is 0.660. The molecule has 0 unspecified atom stereocenters. The number of nitrogens with zero attached hydrogens (tertiary/aromatic N) is 2. The normalized spacial score (nSPS) is 21.0. The molecule has 1 aliphatic heterocycles. The van der Waals surface area contributed by atoms with Crippen molar-refractivity contribution in [3.63, 3.8) is 0 Å². The Morgan fingerprint density at radius 1 is 1.00 bits per heavy atom. The fourth-order valence-electron chi connectivity index (χ4n) is 3.36. The summed E-state index contributed by atoms with van der Waals surface area (Å²) in [5.41, 5.74) is 2.25. The molecular weight excluding hydrogens is 258 g/mol. The topological polar surface area (TPSA) is 28.2 Å². The molecule has 0 amide bonds. The minimum atomic E-state index is 0.660. The van der Waals surface area contributed by atoms with Gasteiger partial charge in [0, 0.05) is 24.0 Å². The number of benzene rings is 1. The molecule has 2 heterocycles. The average Bonchev–Trinajstić information content (AvgIpc) is 3.38. The van der Waals surface area contributed by atoms with Crippen molar-refractivity contribution in [1.29, 1.82) is 0 Å². The van der Waals surface area contributed by atoms with Crippen LogP contribution in [0, 0.1) is 0 Å². The van der Waals surface area contributed by atoms with Crippen LogP contribution in [0.1, 0.15) is 31.4 Å². The first-order valence-corrected chi connectivity index (χ1v) is 8.20. The Labute approximate surface area is 126 Å². The zero-order valence-corrected chi connectivity index (χ0v) is 12.5. The van der Waals surface area contributed by atoms with E-state index in [9.17, 15) is 0 Å². The Morgan fingerprint density at radius 2 is 1.81 bits per heavy atom. The summed E-state index contributed by atoms with van der Waals surface area (Å²) in [6, 6.07) is 14.2. The zero-order chi connectivity index (χ0) is 14.1. The van der Waals surface area contributed by atoms with Crippen molar-refractivity contribution in [3.05, 3.63) is 42.1 Å². The quantitative estimate of drug-likeness (QED) is 0.934. The lowest BCUT2D eigenvalue weighted by atomic mass is 10.0. The number of para-hydroxylation sites is 1. The first-order valence-electron chi connectivity index (χ1n) is 8.20. The fraction of sp³-hybridized carbons (Fsp3) is 0.500. The van der Waals surface area contributed by atoms with Crippen LogP contribution in [-0.4, -0.2) is 35.1 Å². The van der Waals surface area contributed by atoms with Gasteiger partial charge in [-0.1, -0.05) is 24.3 Å². The van der Waals surface area contributed by atoms with Crippen LogP contribution < -0.4 is 5.32 Å². The van der Waals surface area contributed by atoms with Crippen molar-refractivity contribution in [2.45, 2.75) is 44.3 Å². The molecule has 1 N–H and O–H groups in total. The summed E-state index contributed by atoms with van der Waals surface area (Å²) in [7, 11) is 0. The molecule has 3 nitrogen and oxygen atoms in total. The Hall–Kier alpha value is -1.45. The maximum atomic E-state index is 4.74. The summed E-state index contributed by atoms with van der Waals surface area (Å²) in [4.78, 5) is 7.41. The third-order valence-corrected chi connectivity index (χ3v) is 4.82. The maximum absolute atomic E-state index is 4.74. The monoisotopic (exact) mass is 281 g/mol. The van der Waals surface area contributed by atoms with Crippen LogP contribution in [0.5, 0.6) is 0 Å². The van der Waals surface area contributed by atoms with Crippen LogP contribution in [0.25, 0.3) is 10.9 Å². The standard InChI is InChI=1S/C18H23N3/c1-2-4-18-14(3-1)5-6-16(20-18)13-19-15-9-11-21(12-10-15)17-7-8-17/h1-6,15,17,19H,7-13H2. The predicted octanol–water partition coefficient (Wildman–Crippen LogP) is 2.95. The van der Waals surface area contributed by atoms with Crippen molar-refractivity contribution < 1.29 is 0 Å². The van der Waals surface area contributed by atoms with Gasteiger partial charge in [-0.05, 0) is 50.9 Å². The van der Waals surface area contributed by atoms with Crippen molar-refractivity contribution >= 4 is 10.9 Å². The molecule has 1 aliphatic carbocycles. The van der Waals surface area contributed by atoms with Crippen LogP contribution in [-0.2, 0) is 6.54 Å². The lowest BCUT2D eigenvalue weighted by molar-refractivity contribution is 0.189. The number of hydrogen-bond donors (Lipinski definition) is 1. The molecule has 1 aromatic heterocycles. The number of piperidine rings is 1. The van der Waals surface area contributed by atoms with E-state index >= 15 is 0 Å². The predicted molar refractivity (Wildman–Crippen MR) is 86.2 cm³/mol. The molecule has 2 aliphatic rings. The van der Waals surface area contributed by atoms with Gasteiger partial charge in [0.15, 0.2) is 0 Å². The molecule has 110 valence electrons. The highest BCUT2D eigenvalue weighted by Crippen LogP contribution is 2.29. The Balaban J connectivity index is 1.33. The van der Waals surface area contributed by atoms with E-state index in [4.69, 9.17) is 4.98 Å². The molecule has 2 fully saturated rings. The number of fused-ring (bicyclic) bond motifs is 1. The van der Waals surface area contributed by atoms with Crippen LogP contribution in [0.3, 0.4) is 0 Å². The first kappa shape index (κ1) is 13.2. The second kappa shape index (κ2) is 5.74. The molecule has 0 radical (unpaired) electrons. The van der Waals surface area contributed by atoms with E-state index in [1.165, 1.54) is 44.2 Å². The highest BCUT2D eigenvalue weighted by atomic mass is 15.2. The maximum Gasteiger partial charge on any atom is 0.0705 e. The van der Waals surface area contributed by atoms with Crippen LogP contribution >= 0.6 is 0 Å². The Kier molecular flexibility index (Phi) is 3.62. The summed E-state index contributed by atoms with van der Waals surface area (Å²) >= 11 is 0. The van der Waals surface area contributed by atoms with Gasteiger partial charge in [-0.3, -0.25) is 4.98 Å². The van der Waals surface area contributed by atoms with Crippen molar-refractivity contribution in [1.82, 2.24) is 15.2 Å². The third-order valence-electron chi connectivity index (χ3n) is 4.82. The van der Waals surface area contributed by atoms with Gasteiger partial charge in [-0.2, -0.15) is 0 Å². The van der Waals surface area contributed by atoms with E-state index in [1.54, 1.807) is 0 Å². The fourth-order valence-corrected chi connectivity index (χ4v) is 3.36. The van der Waals surface area contributed by atoms with Gasteiger partial charge >= 0.3 is 0 Å². The van der Waals surface area contributed by atoms with E-state index in [0.717, 1.165) is 23.8 Å². The molecule has 1 saturated carbocycles. The van der Waals surface area contributed by atoms with E-state index in [1.807, 2.05) is 0 Å². The molecule has 4 rings (SSSR count). The number of hydrogen-bond acceptors (Lipinski definition) is 3. The number of rotatable bonds is 4. The van der Waals surface area contributed by atoms with Crippen molar-refractivity contribution in [3.8, 4) is 0 Å².